The summed E-state index contributed by atoms with van der Waals surface area (Å²) in [5.41, 5.74) is 1.26. The van der Waals surface area contributed by atoms with Crippen LogP contribution < -0.4 is 10.1 Å². The van der Waals surface area contributed by atoms with Gasteiger partial charge in [0.15, 0.2) is 5.13 Å². The number of aromatic nitrogens is 1. The van der Waals surface area contributed by atoms with Crippen LogP contribution in [-0.4, -0.2) is 41.4 Å². The molecule has 0 saturated carbocycles. The molecule has 0 radical (unpaired) electrons. The Hall–Kier alpha value is -2.12. The van der Waals surface area contributed by atoms with E-state index in [2.05, 4.69) is 10.3 Å². The van der Waals surface area contributed by atoms with Crippen molar-refractivity contribution in [2.75, 3.05) is 19.0 Å². The predicted molar refractivity (Wildman–Crippen MR) is 102 cm³/mol. The van der Waals surface area contributed by atoms with Gasteiger partial charge in [0.2, 0.25) is 5.91 Å². The van der Waals surface area contributed by atoms with Crippen LogP contribution in [0, 0.1) is 13.8 Å². The van der Waals surface area contributed by atoms with Gasteiger partial charge in [0, 0.05) is 16.4 Å². The van der Waals surface area contributed by atoms with Crippen LogP contribution >= 0.6 is 22.9 Å². The van der Waals surface area contributed by atoms with E-state index in [1.165, 1.54) is 18.4 Å². The minimum absolute atomic E-state index is 0.217. The summed E-state index contributed by atoms with van der Waals surface area (Å²) in [7, 11) is 1.50. The SMILES string of the molecule is COc1ccc(Cl)cc1C(=O)N1CCC[C@H]1C(=O)Nc1nc(C)c(C)s1. The number of hydrogen-bond donors (Lipinski definition) is 1. The summed E-state index contributed by atoms with van der Waals surface area (Å²) >= 11 is 7.47. The first kappa shape index (κ1) is 18.7. The number of carbonyl (C=O) groups excluding carboxylic acids is 2. The number of amides is 2. The number of methoxy groups -OCH3 is 1. The fourth-order valence-corrected chi connectivity index (χ4v) is 3.99. The average Bonchev–Trinajstić information content (AvgIpc) is 3.21. The monoisotopic (exact) mass is 393 g/mol. The lowest BCUT2D eigenvalue weighted by atomic mass is 10.1. The molecule has 0 bridgehead atoms. The van der Waals surface area contributed by atoms with Crippen molar-refractivity contribution in [2.45, 2.75) is 32.7 Å². The highest BCUT2D eigenvalue weighted by Gasteiger charge is 2.36. The Kier molecular flexibility index (Phi) is 5.48. The second-order valence-corrected chi connectivity index (χ2v) is 7.79. The smallest absolute Gasteiger partial charge is 0.258 e. The fourth-order valence-electron chi connectivity index (χ4n) is 3.00. The molecule has 138 valence electrons. The van der Waals surface area contributed by atoms with E-state index in [1.54, 1.807) is 23.1 Å². The van der Waals surface area contributed by atoms with Gasteiger partial charge in [0.1, 0.15) is 11.8 Å². The normalized spacial score (nSPS) is 16.6. The van der Waals surface area contributed by atoms with Crippen molar-refractivity contribution in [2.24, 2.45) is 0 Å². The Bertz CT molecular complexity index is 833. The van der Waals surface area contributed by atoms with E-state index in [1.807, 2.05) is 13.8 Å². The average molecular weight is 394 g/mol. The van der Waals surface area contributed by atoms with Crippen LogP contribution in [-0.2, 0) is 4.79 Å². The highest BCUT2D eigenvalue weighted by molar-refractivity contribution is 7.15. The zero-order chi connectivity index (χ0) is 18.8. The molecule has 1 saturated heterocycles. The lowest BCUT2D eigenvalue weighted by Crippen LogP contribution is -2.43. The highest BCUT2D eigenvalue weighted by atomic mass is 35.5. The van der Waals surface area contributed by atoms with E-state index < -0.39 is 6.04 Å². The molecule has 1 aliphatic heterocycles. The second-order valence-electron chi connectivity index (χ2n) is 6.15. The molecule has 0 unspecified atom stereocenters. The molecule has 1 aliphatic rings. The molecule has 2 amide bonds. The van der Waals surface area contributed by atoms with Crippen molar-refractivity contribution in [3.63, 3.8) is 0 Å². The van der Waals surface area contributed by atoms with Gasteiger partial charge in [-0.3, -0.25) is 9.59 Å². The zero-order valence-corrected chi connectivity index (χ0v) is 16.4. The first-order valence-corrected chi connectivity index (χ1v) is 9.49. The van der Waals surface area contributed by atoms with Crippen molar-refractivity contribution in [3.8, 4) is 5.75 Å². The molecule has 0 aliphatic carbocycles. The highest BCUT2D eigenvalue weighted by Crippen LogP contribution is 2.29. The molecule has 8 heteroatoms. The predicted octanol–water partition coefficient (Wildman–Crippen LogP) is 3.67. The molecule has 1 N–H and O–H groups in total. The van der Waals surface area contributed by atoms with Crippen molar-refractivity contribution >= 4 is 39.9 Å². The number of rotatable bonds is 4. The van der Waals surface area contributed by atoms with Crippen molar-refractivity contribution in [1.29, 1.82) is 0 Å². The van der Waals surface area contributed by atoms with E-state index in [-0.39, 0.29) is 11.8 Å². The maximum Gasteiger partial charge on any atom is 0.258 e. The Morgan fingerprint density at radius 1 is 1.38 bits per heavy atom. The first-order chi connectivity index (χ1) is 12.4. The van der Waals surface area contributed by atoms with Gasteiger partial charge < -0.3 is 15.0 Å². The van der Waals surface area contributed by atoms with E-state index in [9.17, 15) is 9.59 Å². The van der Waals surface area contributed by atoms with E-state index in [0.29, 0.717) is 34.4 Å². The quantitative estimate of drug-likeness (QED) is 0.860. The molecule has 6 nitrogen and oxygen atoms in total. The van der Waals surface area contributed by atoms with E-state index in [4.69, 9.17) is 16.3 Å². The van der Waals surface area contributed by atoms with Gasteiger partial charge >= 0.3 is 0 Å². The van der Waals surface area contributed by atoms with Gasteiger partial charge in [0.05, 0.1) is 18.4 Å². The largest absolute Gasteiger partial charge is 0.496 e. The molecular weight excluding hydrogens is 374 g/mol. The van der Waals surface area contributed by atoms with Crippen molar-refractivity contribution in [1.82, 2.24) is 9.88 Å². The third-order valence-corrected chi connectivity index (χ3v) is 5.69. The molecule has 1 aromatic heterocycles. The summed E-state index contributed by atoms with van der Waals surface area (Å²) in [6, 6.07) is 4.36. The third kappa shape index (κ3) is 3.68. The molecule has 2 heterocycles. The van der Waals surface area contributed by atoms with Crippen LogP contribution in [0.25, 0.3) is 0 Å². The van der Waals surface area contributed by atoms with Crippen LogP contribution in [0.2, 0.25) is 5.02 Å². The topological polar surface area (TPSA) is 71.5 Å². The summed E-state index contributed by atoms with van der Waals surface area (Å²) < 4.78 is 5.27. The maximum atomic E-state index is 13.0. The summed E-state index contributed by atoms with van der Waals surface area (Å²) in [5.74, 6) is -0.0317. The molecule has 26 heavy (non-hydrogen) atoms. The van der Waals surface area contributed by atoms with Crippen molar-refractivity contribution < 1.29 is 14.3 Å². The fraction of sp³-hybridized carbons (Fsp3) is 0.389. The number of likely N-dealkylation sites (tertiary alicyclic amines) is 1. The lowest BCUT2D eigenvalue weighted by Gasteiger charge is -2.24. The minimum atomic E-state index is -0.532. The number of ether oxygens (including phenoxy) is 1. The number of hydrogen-bond acceptors (Lipinski definition) is 5. The molecule has 1 atom stereocenters. The van der Waals surface area contributed by atoms with Crippen LogP contribution in [0.15, 0.2) is 18.2 Å². The maximum absolute atomic E-state index is 13.0. The molecule has 1 aromatic carbocycles. The van der Waals surface area contributed by atoms with Crippen molar-refractivity contribution in [3.05, 3.63) is 39.4 Å². The van der Waals surface area contributed by atoms with E-state index in [0.717, 1.165) is 17.0 Å². The Balaban J connectivity index is 1.80. The number of anilines is 1. The van der Waals surface area contributed by atoms with Gasteiger partial charge in [-0.05, 0) is 44.9 Å². The van der Waals surface area contributed by atoms with Gasteiger partial charge in [-0.1, -0.05) is 11.6 Å². The Morgan fingerprint density at radius 3 is 2.81 bits per heavy atom. The summed E-state index contributed by atoms with van der Waals surface area (Å²) in [6.45, 7) is 4.38. The molecule has 3 rings (SSSR count). The van der Waals surface area contributed by atoms with Gasteiger partial charge in [-0.15, -0.1) is 11.3 Å². The first-order valence-electron chi connectivity index (χ1n) is 8.30. The standard InChI is InChI=1S/C18H20ClN3O3S/c1-10-11(2)26-18(20-10)21-16(23)14-5-4-8-22(14)17(24)13-9-12(19)6-7-15(13)25-3/h6-7,9,14H,4-5,8H2,1-3H3,(H,20,21,23)/t14-/m0/s1. The summed E-state index contributed by atoms with van der Waals surface area (Å²) in [4.78, 5) is 32.7. The number of nitrogens with zero attached hydrogens (tertiary/aromatic N) is 2. The van der Waals surface area contributed by atoms with E-state index >= 15 is 0 Å². The number of carbonyl (C=O) groups is 2. The number of benzene rings is 1. The molecule has 2 aromatic rings. The molecule has 1 fully saturated rings. The summed E-state index contributed by atoms with van der Waals surface area (Å²) in [5, 5.41) is 3.85. The third-order valence-electron chi connectivity index (χ3n) is 4.47. The van der Waals surface area contributed by atoms with Crippen LogP contribution in [0.1, 0.15) is 33.8 Å². The molecule has 0 spiro atoms. The number of halogens is 1. The number of aryl methyl sites for hydroxylation is 2. The second kappa shape index (κ2) is 7.63. The summed E-state index contributed by atoms with van der Waals surface area (Å²) in [6.07, 6.45) is 1.38. The number of nitrogens with one attached hydrogen (secondary N) is 1. The zero-order valence-electron chi connectivity index (χ0n) is 14.8. The van der Waals surface area contributed by atoms with Gasteiger partial charge in [-0.25, -0.2) is 4.98 Å². The minimum Gasteiger partial charge on any atom is -0.496 e. The Labute approximate surface area is 161 Å². The molecular formula is C18H20ClN3O3S. The lowest BCUT2D eigenvalue weighted by molar-refractivity contribution is -0.119. The number of thiazole rings is 1. The van der Waals surface area contributed by atoms with Crippen LogP contribution in [0.3, 0.4) is 0 Å². The van der Waals surface area contributed by atoms with Gasteiger partial charge in [-0.2, -0.15) is 0 Å². The van der Waals surface area contributed by atoms with Crippen LogP contribution in [0.4, 0.5) is 5.13 Å². The Morgan fingerprint density at radius 2 is 2.15 bits per heavy atom. The van der Waals surface area contributed by atoms with Crippen LogP contribution in [0.5, 0.6) is 5.75 Å². The van der Waals surface area contributed by atoms with Gasteiger partial charge in [0.25, 0.3) is 5.91 Å².